The minimum atomic E-state index is -0.524. The Hall–Kier alpha value is -0.640. The van der Waals surface area contributed by atoms with Crippen molar-refractivity contribution in [3.63, 3.8) is 0 Å². The molecule has 0 aromatic carbocycles. The third-order valence-electron chi connectivity index (χ3n) is 1.85. The first-order valence-electron chi connectivity index (χ1n) is 3.58. The molecular formula is C8H14N2O. The summed E-state index contributed by atoms with van der Waals surface area (Å²) < 4.78 is 4.96. The Morgan fingerprint density at radius 3 is 2.82 bits per heavy atom. The molecule has 62 valence electrons. The monoisotopic (exact) mass is 154 g/mol. The van der Waals surface area contributed by atoms with Crippen molar-refractivity contribution in [1.82, 2.24) is 0 Å². The summed E-state index contributed by atoms with van der Waals surface area (Å²) in [5.41, 5.74) is 11.2. The van der Waals surface area contributed by atoms with Crippen LogP contribution in [0.1, 0.15) is 0 Å². The van der Waals surface area contributed by atoms with Crippen LogP contribution < -0.4 is 11.5 Å². The highest BCUT2D eigenvalue weighted by molar-refractivity contribution is 5.26. The molecule has 0 saturated heterocycles. The van der Waals surface area contributed by atoms with Gasteiger partial charge in [-0.3, -0.25) is 0 Å². The van der Waals surface area contributed by atoms with Crippen LogP contribution in [0.2, 0.25) is 0 Å². The summed E-state index contributed by atoms with van der Waals surface area (Å²) in [5, 5.41) is 0. The first-order chi connectivity index (χ1) is 5.19. The van der Waals surface area contributed by atoms with Gasteiger partial charge in [-0.25, -0.2) is 0 Å². The van der Waals surface area contributed by atoms with Crippen molar-refractivity contribution in [3.05, 3.63) is 24.3 Å². The van der Waals surface area contributed by atoms with E-state index < -0.39 is 5.54 Å². The lowest BCUT2D eigenvalue weighted by molar-refractivity contribution is 0.147. The van der Waals surface area contributed by atoms with Crippen LogP contribution in [0.5, 0.6) is 0 Å². The van der Waals surface area contributed by atoms with Crippen molar-refractivity contribution < 1.29 is 4.74 Å². The van der Waals surface area contributed by atoms with Crippen molar-refractivity contribution in [2.24, 2.45) is 11.5 Å². The summed E-state index contributed by atoms with van der Waals surface area (Å²) >= 11 is 0. The second kappa shape index (κ2) is 3.17. The highest BCUT2D eigenvalue weighted by Gasteiger charge is 2.29. The van der Waals surface area contributed by atoms with Crippen molar-refractivity contribution in [1.29, 1.82) is 0 Å². The highest BCUT2D eigenvalue weighted by Crippen LogP contribution is 2.13. The normalized spacial score (nSPS) is 36.1. The van der Waals surface area contributed by atoms with E-state index in [9.17, 15) is 0 Å². The zero-order valence-corrected chi connectivity index (χ0v) is 6.66. The number of methoxy groups -OCH3 is 1. The SMILES string of the molecule is COCC1(N)C=CC=CC1N. The lowest BCUT2D eigenvalue weighted by Crippen LogP contribution is -2.56. The predicted molar refractivity (Wildman–Crippen MR) is 45.0 cm³/mol. The fraction of sp³-hybridized carbons (Fsp3) is 0.500. The van der Waals surface area contributed by atoms with Crippen LogP contribution in [0.4, 0.5) is 0 Å². The number of nitrogens with two attached hydrogens (primary N) is 2. The van der Waals surface area contributed by atoms with E-state index in [1.54, 1.807) is 7.11 Å². The molecule has 0 amide bonds. The van der Waals surface area contributed by atoms with Crippen molar-refractivity contribution in [2.45, 2.75) is 11.6 Å². The Kier molecular flexibility index (Phi) is 2.44. The molecule has 0 aromatic rings. The third kappa shape index (κ3) is 1.68. The van der Waals surface area contributed by atoms with Gasteiger partial charge in [-0.1, -0.05) is 24.3 Å². The Labute approximate surface area is 66.7 Å². The van der Waals surface area contributed by atoms with Crippen LogP contribution in [0.3, 0.4) is 0 Å². The first kappa shape index (κ1) is 8.46. The van der Waals surface area contributed by atoms with Gasteiger partial charge in [0.2, 0.25) is 0 Å². The Morgan fingerprint density at radius 2 is 2.27 bits per heavy atom. The summed E-state index contributed by atoms with van der Waals surface area (Å²) in [5.74, 6) is 0. The van der Waals surface area contributed by atoms with E-state index >= 15 is 0 Å². The number of ether oxygens (including phenoxy) is 1. The Balaban J connectivity index is 2.68. The molecule has 0 aromatic heterocycles. The van der Waals surface area contributed by atoms with Gasteiger partial charge in [-0.15, -0.1) is 0 Å². The molecule has 0 heterocycles. The van der Waals surface area contributed by atoms with Crippen molar-refractivity contribution >= 4 is 0 Å². The van der Waals surface area contributed by atoms with Gasteiger partial charge >= 0.3 is 0 Å². The quantitative estimate of drug-likeness (QED) is 0.578. The maximum Gasteiger partial charge on any atom is 0.0769 e. The largest absolute Gasteiger partial charge is 0.382 e. The molecular weight excluding hydrogens is 140 g/mol. The van der Waals surface area contributed by atoms with E-state index in [4.69, 9.17) is 16.2 Å². The summed E-state index contributed by atoms with van der Waals surface area (Å²) in [4.78, 5) is 0. The molecule has 0 radical (unpaired) electrons. The molecule has 2 unspecified atom stereocenters. The summed E-state index contributed by atoms with van der Waals surface area (Å²) in [6, 6.07) is -0.146. The highest BCUT2D eigenvalue weighted by atomic mass is 16.5. The molecule has 11 heavy (non-hydrogen) atoms. The number of hydrogen-bond acceptors (Lipinski definition) is 3. The van der Waals surface area contributed by atoms with Gasteiger partial charge in [-0.05, 0) is 0 Å². The molecule has 1 aliphatic carbocycles. The molecule has 0 fully saturated rings. The topological polar surface area (TPSA) is 61.3 Å². The van der Waals surface area contributed by atoms with Gasteiger partial charge in [0.25, 0.3) is 0 Å². The molecule has 2 atom stereocenters. The van der Waals surface area contributed by atoms with E-state index in [0.29, 0.717) is 6.61 Å². The molecule has 0 spiro atoms. The van der Waals surface area contributed by atoms with Crippen LogP contribution in [-0.2, 0) is 4.74 Å². The number of hydrogen-bond donors (Lipinski definition) is 2. The molecule has 1 aliphatic rings. The van der Waals surface area contributed by atoms with E-state index in [0.717, 1.165) is 0 Å². The summed E-state index contributed by atoms with van der Waals surface area (Å²) in [7, 11) is 1.62. The van der Waals surface area contributed by atoms with Crippen LogP contribution >= 0.6 is 0 Å². The standard InChI is InChI=1S/C8H14N2O/c1-11-6-8(10)5-3-2-4-7(8)9/h2-5,7H,6,9-10H2,1H3. The summed E-state index contributed by atoms with van der Waals surface area (Å²) in [6.45, 7) is 0.453. The zero-order valence-electron chi connectivity index (χ0n) is 6.66. The van der Waals surface area contributed by atoms with E-state index in [-0.39, 0.29) is 6.04 Å². The van der Waals surface area contributed by atoms with E-state index in [1.165, 1.54) is 0 Å². The minimum absolute atomic E-state index is 0.146. The lowest BCUT2D eigenvalue weighted by atomic mass is 9.89. The number of rotatable bonds is 2. The van der Waals surface area contributed by atoms with Crippen LogP contribution in [-0.4, -0.2) is 25.3 Å². The second-order valence-electron chi connectivity index (χ2n) is 2.82. The third-order valence-corrected chi connectivity index (χ3v) is 1.85. The fourth-order valence-electron chi connectivity index (χ4n) is 1.10. The van der Waals surface area contributed by atoms with Crippen molar-refractivity contribution in [3.8, 4) is 0 Å². The van der Waals surface area contributed by atoms with Gasteiger partial charge in [-0.2, -0.15) is 0 Å². The molecule has 0 bridgehead atoms. The van der Waals surface area contributed by atoms with Gasteiger partial charge in [0.1, 0.15) is 0 Å². The maximum absolute atomic E-state index is 5.93. The van der Waals surface area contributed by atoms with E-state index in [1.807, 2.05) is 24.3 Å². The summed E-state index contributed by atoms with van der Waals surface area (Å²) in [6.07, 6.45) is 7.54. The Morgan fingerprint density at radius 1 is 1.55 bits per heavy atom. The fourth-order valence-corrected chi connectivity index (χ4v) is 1.10. The maximum atomic E-state index is 5.93. The first-order valence-corrected chi connectivity index (χ1v) is 3.58. The smallest absolute Gasteiger partial charge is 0.0769 e. The molecule has 3 nitrogen and oxygen atoms in total. The average molecular weight is 154 g/mol. The van der Waals surface area contributed by atoms with Gasteiger partial charge in [0.05, 0.1) is 12.1 Å². The zero-order chi connectivity index (χ0) is 8.32. The Bertz CT molecular complexity index is 189. The average Bonchev–Trinajstić information content (AvgIpc) is 1.96. The van der Waals surface area contributed by atoms with E-state index in [2.05, 4.69) is 0 Å². The lowest BCUT2D eigenvalue weighted by Gasteiger charge is -2.31. The van der Waals surface area contributed by atoms with Gasteiger partial charge in [0.15, 0.2) is 0 Å². The number of allylic oxidation sites excluding steroid dienone is 2. The second-order valence-corrected chi connectivity index (χ2v) is 2.82. The minimum Gasteiger partial charge on any atom is -0.382 e. The predicted octanol–water partition coefficient (Wildman–Crippen LogP) is -0.216. The van der Waals surface area contributed by atoms with Crippen LogP contribution in [0.25, 0.3) is 0 Å². The van der Waals surface area contributed by atoms with Gasteiger partial charge < -0.3 is 16.2 Å². The van der Waals surface area contributed by atoms with Crippen LogP contribution in [0.15, 0.2) is 24.3 Å². The molecule has 1 rings (SSSR count). The molecule has 0 aliphatic heterocycles. The molecule has 4 N–H and O–H groups in total. The van der Waals surface area contributed by atoms with Crippen LogP contribution in [0, 0.1) is 0 Å². The van der Waals surface area contributed by atoms with Crippen molar-refractivity contribution in [2.75, 3.05) is 13.7 Å². The molecule has 3 heteroatoms. The van der Waals surface area contributed by atoms with Gasteiger partial charge in [0, 0.05) is 13.2 Å². The molecule has 0 saturated carbocycles.